The topological polar surface area (TPSA) is 81.1 Å². The second-order valence-electron chi connectivity index (χ2n) is 7.30. The lowest BCUT2D eigenvalue weighted by atomic mass is 10.1. The highest BCUT2D eigenvalue weighted by Gasteiger charge is 2.31. The lowest BCUT2D eigenvalue weighted by Gasteiger charge is -2.16. The van der Waals surface area contributed by atoms with Gasteiger partial charge in [0.2, 0.25) is 10.0 Å². The molecule has 0 fully saturated rings. The van der Waals surface area contributed by atoms with Crippen molar-refractivity contribution in [2.24, 2.45) is 0 Å². The van der Waals surface area contributed by atoms with Gasteiger partial charge in [-0.05, 0) is 34.4 Å². The summed E-state index contributed by atoms with van der Waals surface area (Å²) in [7, 11) is -3.66. The van der Waals surface area contributed by atoms with Gasteiger partial charge in [-0.2, -0.15) is 0 Å². The fourth-order valence-corrected chi connectivity index (χ4v) is 5.17. The van der Waals surface area contributed by atoms with E-state index >= 15 is 0 Å². The number of sulfonamides is 1. The highest BCUT2D eigenvalue weighted by Crippen LogP contribution is 2.43. The van der Waals surface area contributed by atoms with Crippen LogP contribution in [0.1, 0.15) is 17.2 Å². The van der Waals surface area contributed by atoms with Gasteiger partial charge in [-0.15, -0.1) is 0 Å². The number of hydrogen-bond acceptors (Lipinski definition) is 4. The molecule has 0 saturated carbocycles. The maximum atomic E-state index is 12.9. The van der Waals surface area contributed by atoms with Crippen LogP contribution in [-0.4, -0.2) is 23.7 Å². The van der Waals surface area contributed by atoms with E-state index in [1.807, 2.05) is 54.6 Å². The first kappa shape index (κ1) is 18.7. The first-order chi connectivity index (χ1) is 14.5. The maximum absolute atomic E-state index is 12.9. The van der Waals surface area contributed by atoms with E-state index in [9.17, 15) is 13.2 Å². The third kappa shape index (κ3) is 3.22. The average molecular weight is 417 g/mol. The molecule has 1 N–H and O–H groups in total. The summed E-state index contributed by atoms with van der Waals surface area (Å²) in [5.41, 5.74) is 4.30. The Kier molecular flexibility index (Phi) is 4.49. The summed E-state index contributed by atoms with van der Waals surface area (Å²) in [6.45, 7) is 0.0298. The van der Waals surface area contributed by atoms with Gasteiger partial charge in [-0.1, -0.05) is 60.7 Å². The Balaban J connectivity index is 1.41. The molecule has 4 aromatic rings. The van der Waals surface area contributed by atoms with Crippen molar-refractivity contribution in [3.05, 3.63) is 101 Å². The van der Waals surface area contributed by atoms with Crippen LogP contribution in [0.4, 0.5) is 0 Å². The van der Waals surface area contributed by atoms with Crippen molar-refractivity contribution in [3.63, 3.8) is 0 Å². The molecule has 0 radical (unpaired) electrons. The van der Waals surface area contributed by atoms with Crippen LogP contribution < -0.4 is 10.3 Å². The minimum atomic E-state index is -3.66. The predicted molar refractivity (Wildman–Crippen MR) is 117 cm³/mol. The number of aryl methyl sites for hydroxylation is 1. The lowest BCUT2D eigenvalue weighted by molar-refractivity contribution is 0.565. The van der Waals surface area contributed by atoms with Gasteiger partial charge in [0.15, 0.2) is 0 Å². The van der Waals surface area contributed by atoms with E-state index in [2.05, 4.69) is 9.71 Å². The Hall–Kier alpha value is -3.29. The number of nitrogens with one attached hydrogen (secondary N) is 1. The molecule has 150 valence electrons. The number of fused-ring (bicyclic) bond motifs is 4. The summed E-state index contributed by atoms with van der Waals surface area (Å²) in [6.07, 6.45) is 1.40. The summed E-state index contributed by atoms with van der Waals surface area (Å²) in [5, 5.41) is 0.476. The molecule has 1 aromatic heterocycles. The van der Waals surface area contributed by atoms with Crippen molar-refractivity contribution >= 4 is 20.9 Å². The van der Waals surface area contributed by atoms with Crippen LogP contribution in [-0.2, 0) is 16.6 Å². The molecule has 0 spiro atoms. The molecule has 1 aliphatic rings. The van der Waals surface area contributed by atoms with Gasteiger partial charge in [-0.3, -0.25) is 9.36 Å². The minimum Gasteiger partial charge on any atom is -0.298 e. The summed E-state index contributed by atoms with van der Waals surface area (Å²) < 4.78 is 30.0. The molecule has 0 amide bonds. The smallest absolute Gasteiger partial charge is 0.261 e. The summed E-state index contributed by atoms with van der Waals surface area (Å²) >= 11 is 0. The fourth-order valence-electron chi connectivity index (χ4n) is 4.00. The largest absolute Gasteiger partial charge is 0.298 e. The Morgan fingerprint density at radius 1 is 0.867 bits per heavy atom. The quantitative estimate of drug-likeness (QED) is 0.541. The lowest BCUT2D eigenvalue weighted by Crippen LogP contribution is -2.33. The molecule has 6 nitrogen and oxygen atoms in total. The predicted octanol–water partition coefficient (Wildman–Crippen LogP) is 3.09. The van der Waals surface area contributed by atoms with Crippen molar-refractivity contribution in [1.29, 1.82) is 0 Å². The van der Waals surface area contributed by atoms with Crippen LogP contribution in [0.15, 0.2) is 83.9 Å². The zero-order valence-corrected chi connectivity index (χ0v) is 16.8. The molecule has 0 saturated heterocycles. The van der Waals surface area contributed by atoms with Crippen molar-refractivity contribution in [2.45, 2.75) is 12.6 Å². The molecular weight excluding hydrogens is 398 g/mol. The summed E-state index contributed by atoms with van der Waals surface area (Å²) in [6, 6.07) is 22.2. The SMILES string of the molecule is O=c1c2ccccc2ncn1CCS(=O)(=O)NC1c2ccccc2-c2ccccc21. The molecule has 0 aliphatic heterocycles. The number of para-hydroxylation sites is 1. The molecule has 1 aliphatic carbocycles. The Bertz CT molecular complexity index is 1380. The van der Waals surface area contributed by atoms with Gasteiger partial charge < -0.3 is 0 Å². The van der Waals surface area contributed by atoms with Crippen molar-refractivity contribution in [1.82, 2.24) is 14.3 Å². The van der Waals surface area contributed by atoms with Crippen LogP contribution in [0.3, 0.4) is 0 Å². The van der Waals surface area contributed by atoms with E-state index < -0.39 is 16.1 Å². The van der Waals surface area contributed by atoms with Crippen molar-refractivity contribution < 1.29 is 8.42 Å². The normalized spacial score (nSPS) is 13.3. The third-order valence-corrected chi connectivity index (χ3v) is 6.78. The van der Waals surface area contributed by atoms with Gasteiger partial charge in [-0.25, -0.2) is 18.1 Å². The Labute approximate surface area is 173 Å². The standard InChI is InChI=1S/C23H19N3O3S/c27-23-20-11-5-6-12-21(20)24-15-26(23)13-14-30(28,29)25-22-18-9-3-1-7-16(18)17-8-2-4-10-19(17)22/h1-12,15,22,25H,13-14H2. The van der Waals surface area contributed by atoms with Gasteiger partial charge >= 0.3 is 0 Å². The number of nitrogens with zero attached hydrogens (tertiary/aromatic N) is 2. The van der Waals surface area contributed by atoms with Gasteiger partial charge in [0.25, 0.3) is 5.56 Å². The van der Waals surface area contributed by atoms with Crippen LogP contribution in [0.5, 0.6) is 0 Å². The highest BCUT2D eigenvalue weighted by molar-refractivity contribution is 7.89. The average Bonchev–Trinajstić information content (AvgIpc) is 3.07. The first-order valence-electron chi connectivity index (χ1n) is 9.66. The summed E-state index contributed by atoms with van der Waals surface area (Å²) in [4.78, 5) is 16.9. The second kappa shape index (κ2) is 7.19. The minimum absolute atomic E-state index is 0.0298. The molecule has 30 heavy (non-hydrogen) atoms. The number of aromatic nitrogens is 2. The summed E-state index contributed by atoms with van der Waals surface area (Å²) in [5.74, 6) is -0.215. The molecule has 0 unspecified atom stereocenters. The van der Waals surface area contributed by atoms with E-state index in [1.165, 1.54) is 10.9 Å². The number of benzene rings is 3. The highest BCUT2D eigenvalue weighted by atomic mass is 32.2. The van der Waals surface area contributed by atoms with E-state index in [1.54, 1.807) is 18.2 Å². The van der Waals surface area contributed by atoms with Crippen LogP contribution in [0.25, 0.3) is 22.0 Å². The van der Waals surface area contributed by atoms with Gasteiger partial charge in [0, 0.05) is 6.54 Å². The monoisotopic (exact) mass is 417 g/mol. The van der Waals surface area contributed by atoms with Crippen LogP contribution >= 0.6 is 0 Å². The molecule has 7 heteroatoms. The molecular formula is C23H19N3O3S. The van der Waals surface area contributed by atoms with Gasteiger partial charge in [0.05, 0.1) is 29.0 Å². The number of hydrogen-bond donors (Lipinski definition) is 1. The first-order valence-corrected chi connectivity index (χ1v) is 11.3. The molecule has 0 bridgehead atoms. The zero-order valence-electron chi connectivity index (χ0n) is 16.0. The van der Waals surface area contributed by atoms with Gasteiger partial charge in [0.1, 0.15) is 0 Å². The Morgan fingerprint density at radius 2 is 1.47 bits per heavy atom. The van der Waals surface area contributed by atoms with E-state index in [4.69, 9.17) is 0 Å². The maximum Gasteiger partial charge on any atom is 0.261 e. The molecule has 1 heterocycles. The fraction of sp³-hybridized carbons (Fsp3) is 0.130. The molecule has 3 aromatic carbocycles. The van der Waals surface area contributed by atoms with Crippen molar-refractivity contribution in [2.75, 3.05) is 5.75 Å². The van der Waals surface area contributed by atoms with E-state index in [0.717, 1.165) is 22.3 Å². The Morgan fingerprint density at radius 3 is 2.17 bits per heavy atom. The van der Waals surface area contributed by atoms with Crippen molar-refractivity contribution in [3.8, 4) is 11.1 Å². The zero-order chi connectivity index (χ0) is 20.7. The third-order valence-electron chi connectivity index (χ3n) is 5.46. The molecule has 5 rings (SSSR count). The van der Waals surface area contributed by atoms with E-state index in [-0.39, 0.29) is 17.9 Å². The second-order valence-corrected chi connectivity index (χ2v) is 9.18. The molecule has 0 atom stereocenters. The number of rotatable bonds is 5. The van der Waals surface area contributed by atoms with Crippen LogP contribution in [0, 0.1) is 0 Å². The van der Waals surface area contributed by atoms with Crippen LogP contribution in [0.2, 0.25) is 0 Å². The van der Waals surface area contributed by atoms with E-state index in [0.29, 0.717) is 10.9 Å².